The average molecular weight is 487 g/mol. The van der Waals surface area contributed by atoms with E-state index in [4.69, 9.17) is 23.2 Å². The lowest BCUT2D eigenvalue weighted by atomic mass is 9.82. The SMILES string of the molecule is Cc1cc(CCl)c(O)c(Cc2cc(C(C)(C)C)cc(Cc3cc(C)cc(CCl)c3O)c2O)c1. The number of rotatable bonds is 6. The predicted molar refractivity (Wildman–Crippen MR) is 137 cm³/mol. The van der Waals surface area contributed by atoms with Gasteiger partial charge in [0.05, 0.1) is 11.8 Å². The van der Waals surface area contributed by atoms with Crippen LogP contribution in [-0.2, 0) is 30.0 Å². The second kappa shape index (κ2) is 9.87. The fraction of sp³-hybridized carbons (Fsp3) is 0.357. The topological polar surface area (TPSA) is 60.7 Å². The van der Waals surface area contributed by atoms with Crippen molar-refractivity contribution in [3.05, 3.63) is 86.5 Å². The van der Waals surface area contributed by atoms with Crippen LogP contribution in [0.15, 0.2) is 36.4 Å². The van der Waals surface area contributed by atoms with Crippen LogP contribution in [0.4, 0.5) is 0 Å². The van der Waals surface area contributed by atoms with Crippen LogP contribution in [0.3, 0.4) is 0 Å². The zero-order valence-electron chi connectivity index (χ0n) is 19.9. The lowest BCUT2D eigenvalue weighted by Gasteiger charge is -2.23. The number of benzene rings is 3. The minimum atomic E-state index is -0.150. The molecule has 0 saturated heterocycles. The number of halogens is 2. The quantitative estimate of drug-likeness (QED) is 0.318. The number of hydrogen-bond acceptors (Lipinski definition) is 3. The van der Waals surface area contributed by atoms with E-state index in [0.29, 0.717) is 24.0 Å². The molecule has 3 aromatic carbocycles. The van der Waals surface area contributed by atoms with Crippen molar-refractivity contribution in [2.24, 2.45) is 0 Å². The maximum atomic E-state index is 11.3. The van der Waals surface area contributed by atoms with Crippen molar-refractivity contribution in [1.82, 2.24) is 0 Å². The van der Waals surface area contributed by atoms with Crippen molar-refractivity contribution in [1.29, 1.82) is 0 Å². The molecule has 5 heteroatoms. The predicted octanol–water partition coefficient (Wildman–Crippen LogP) is 7.38. The maximum absolute atomic E-state index is 11.3. The van der Waals surface area contributed by atoms with Gasteiger partial charge in [0.15, 0.2) is 0 Å². The molecule has 0 aliphatic heterocycles. The van der Waals surface area contributed by atoms with E-state index in [9.17, 15) is 15.3 Å². The molecule has 3 nitrogen and oxygen atoms in total. The number of phenolic OH excluding ortho intramolecular Hbond substituents is 3. The van der Waals surface area contributed by atoms with Crippen LogP contribution in [0, 0.1) is 13.8 Å². The third kappa shape index (κ3) is 5.59. The second-order valence-electron chi connectivity index (χ2n) is 9.88. The van der Waals surface area contributed by atoms with E-state index in [1.807, 2.05) is 50.2 Å². The van der Waals surface area contributed by atoms with Crippen LogP contribution in [0.1, 0.15) is 70.8 Å². The second-order valence-corrected chi connectivity index (χ2v) is 10.4. The van der Waals surface area contributed by atoms with Gasteiger partial charge in [-0.05, 0) is 47.1 Å². The van der Waals surface area contributed by atoms with Gasteiger partial charge in [0.2, 0.25) is 0 Å². The molecule has 0 aromatic heterocycles. The van der Waals surface area contributed by atoms with Crippen molar-refractivity contribution in [3.8, 4) is 17.2 Å². The Morgan fingerprint density at radius 1 is 0.576 bits per heavy atom. The van der Waals surface area contributed by atoms with Gasteiger partial charge in [-0.3, -0.25) is 0 Å². The Hall–Kier alpha value is -2.36. The monoisotopic (exact) mass is 486 g/mol. The molecule has 176 valence electrons. The summed E-state index contributed by atoms with van der Waals surface area (Å²) in [4.78, 5) is 0. The first kappa shape index (κ1) is 25.3. The molecule has 0 amide bonds. The minimum Gasteiger partial charge on any atom is -0.507 e. The number of phenols is 3. The molecule has 0 heterocycles. The number of hydrogen-bond donors (Lipinski definition) is 3. The number of alkyl halides is 2. The zero-order chi connectivity index (χ0) is 24.5. The highest BCUT2D eigenvalue weighted by atomic mass is 35.5. The zero-order valence-corrected chi connectivity index (χ0v) is 21.4. The largest absolute Gasteiger partial charge is 0.507 e. The normalized spacial score (nSPS) is 11.7. The molecule has 0 aliphatic carbocycles. The Kier molecular flexibility index (Phi) is 7.55. The van der Waals surface area contributed by atoms with Crippen molar-refractivity contribution < 1.29 is 15.3 Å². The molecule has 0 atom stereocenters. The molecule has 0 saturated carbocycles. The van der Waals surface area contributed by atoms with Crippen LogP contribution in [0.25, 0.3) is 0 Å². The molecule has 3 N–H and O–H groups in total. The van der Waals surface area contributed by atoms with Gasteiger partial charge in [-0.25, -0.2) is 0 Å². The van der Waals surface area contributed by atoms with Crippen molar-refractivity contribution in [2.75, 3.05) is 0 Å². The first-order valence-electron chi connectivity index (χ1n) is 11.0. The summed E-state index contributed by atoms with van der Waals surface area (Å²) in [5, 5.41) is 32.7. The van der Waals surface area contributed by atoms with Crippen LogP contribution in [0.5, 0.6) is 17.2 Å². The van der Waals surface area contributed by atoms with Crippen LogP contribution < -0.4 is 0 Å². The summed E-state index contributed by atoms with van der Waals surface area (Å²) < 4.78 is 0. The third-order valence-corrected chi connectivity index (χ3v) is 6.58. The molecule has 0 bridgehead atoms. The van der Waals surface area contributed by atoms with Crippen molar-refractivity contribution >= 4 is 23.2 Å². The Morgan fingerprint density at radius 3 is 1.21 bits per heavy atom. The first-order valence-corrected chi connectivity index (χ1v) is 12.1. The highest BCUT2D eigenvalue weighted by molar-refractivity contribution is 6.17. The Labute approximate surface area is 206 Å². The van der Waals surface area contributed by atoms with Crippen molar-refractivity contribution in [3.63, 3.8) is 0 Å². The Morgan fingerprint density at radius 2 is 0.879 bits per heavy atom. The summed E-state index contributed by atoms with van der Waals surface area (Å²) in [6, 6.07) is 11.6. The van der Waals surface area contributed by atoms with E-state index in [1.165, 1.54) is 0 Å². The molecule has 0 fully saturated rings. The van der Waals surface area contributed by atoms with Gasteiger partial charge in [0.25, 0.3) is 0 Å². The van der Waals surface area contributed by atoms with Crippen LogP contribution in [0.2, 0.25) is 0 Å². The molecule has 3 aromatic rings. The molecule has 0 spiro atoms. The maximum Gasteiger partial charge on any atom is 0.123 e. The lowest BCUT2D eigenvalue weighted by molar-refractivity contribution is 0.453. The van der Waals surface area contributed by atoms with E-state index in [-0.39, 0.29) is 34.4 Å². The first-order chi connectivity index (χ1) is 15.4. The van der Waals surface area contributed by atoms with E-state index < -0.39 is 0 Å². The lowest BCUT2D eigenvalue weighted by Crippen LogP contribution is -2.13. The van der Waals surface area contributed by atoms with E-state index in [1.54, 1.807) is 0 Å². The van der Waals surface area contributed by atoms with Gasteiger partial charge in [-0.2, -0.15) is 0 Å². The Balaban J connectivity index is 2.14. The van der Waals surface area contributed by atoms with Crippen LogP contribution >= 0.6 is 23.2 Å². The van der Waals surface area contributed by atoms with Gasteiger partial charge in [0, 0.05) is 24.0 Å². The molecule has 0 unspecified atom stereocenters. The molecule has 3 rings (SSSR count). The summed E-state index contributed by atoms with van der Waals surface area (Å²) in [6.45, 7) is 10.3. The fourth-order valence-corrected chi connectivity index (χ4v) is 4.62. The molecular weight excluding hydrogens is 455 g/mol. The summed E-state index contributed by atoms with van der Waals surface area (Å²) in [6.07, 6.45) is 0.736. The van der Waals surface area contributed by atoms with E-state index >= 15 is 0 Å². The van der Waals surface area contributed by atoms with Gasteiger partial charge in [-0.1, -0.05) is 68.3 Å². The van der Waals surface area contributed by atoms with Gasteiger partial charge in [0.1, 0.15) is 17.2 Å². The molecule has 0 radical (unpaired) electrons. The van der Waals surface area contributed by atoms with Gasteiger partial charge < -0.3 is 15.3 Å². The fourth-order valence-electron chi connectivity index (χ4n) is 4.21. The summed E-state index contributed by atoms with van der Waals surface area (Å²) in [5.74, 6) is 0.941. The van der Waals surface area contributed by atoms with E-state index in [0.717, 1.165) is 38.9 Å². The highest BCUT2D eigenvalue weighted by Crippen LogP contribution is 2.37. The number of aryl methyl sites for hydroxylation is 2. The Bertz CT molecular complexity index is 1090. The molecular formula is C28H32Cl2O3. The number of aromatic hydroxyl groups is 3. The molecule has 0 aliphatic rings. The van der Waals surface area contributed by atoms with Crippen LogP contribution in [-0.4, -0.2) is 15.3 Å². The minimum absolute atomic E-state index is 0.150. The summed E-state index contributed by atoms with van der Waals surface area (Å²) >= 11 is 12.0. The summed E-state index contributed by atoms with van der Waals surface area (Å²) in [7, 11) is 0. The highest BCUT2D eigenvalue weighted by Gasteiger charge is 2.21. The standard InChI is InChI=1S/C28H32Cl2O3/c1-16-6-18(26(32)22(8-16)14-29)10-20-12-24(28(3,4)5)13-21(25(20)31)11-19-7-17(2)9-23(15-30)27(19)33/h6-9,12-13,31-33H,10-11,14-15H2,1-5H3. The van der Waals surface area contributed by atoms with Gasteiger partial charge in [-0.15, -0.1) is 23.2 Å². The summed E-state index contributed by atoms with van der Waals surface area (Å²) in [5.41, 5.74) is 7.18. The van der Waals surface area contributed by atoms with Crippen molar-refractivity contribution in [2.45, 2.75) is 64.6 Å². The third-order valence-electron chi connectivity index (χ3n) is 6.01. The smallest absolute Gasteiger partial charge is 0.123 e. The van der Waals surface area contributed by atoms with Gasteiger partial charge >= 0.3 is 0 Å². The molecule has 33 heavy (non-hydrogen) atoms. The van der Waals surface area contributed by atoms with E-state index in [2.05, 4.69) is 20.8 Å². The average Bonchev–Trinajstić information content (AvgIpc) is 2.74.